The second kappa shape index (κ2) is 6.88. The molecule has 0 bridgehead atoms. The average molecular weight is 353 g/mol. The fourth-order valence-electron chi connectivity index (χ4n) is 4.81. The van der Waals surface area contributed by atoms with E-state index in [2.05, 4.69) is 53.2 Å². The van der Waals surface area contributed by atoms with Gasteiger partial charge >= 0.3 is 0 Å². The van der Waals surface area contributed by atoms with Gasteiger partial charge in [-0.25, -0.2) is 0 Å². The lowest BCUT2D eigenvalue weighted by Crippen LogP contribution is -2.55. The van der Waals surface area contributed by atoms with E-state index in [0.29, 0.717) is 5.76 Å². The predicted octanol–water partition coefficient (Wildman–Crippen LogP) is 3.89. The Morgan fingerprint density at radius 2 is 2.00 bits per heavy atom. The highest BCUT2D eigenvalue weighted by atomic mass is 16.5. The maximum Gasteiger partial charge on any atom is 0.293 e. The largest absolute Gasteiger partial charge is 0.351 e. The molecule has 1 amide bonds. The van der Waals surface area contributed by atoms with Gasteiger partial charge in [0.05, 0.1) is 18.3 Å². The molecule has 3 heterocycles. The number of likely N-dealkylation sites (tertiary alicyclic amines) is 2. The molecule has 0 aliphatic carbocycles. The lowest BCUT2D eigenvalue weighted by atomic mass is 9.84. The van der Waals surface area contributed by atoms with Crippen LogP contribution in [0.2, 0.25) is 0 Å². The molecule has 1 aromatic heterocycles. The van der Waals surface area contributed by atoms with Crippen LogP contribution in [0.4, 0.5) is 0 Å². The van der Waals surface area contributed by atoms with Crippen LogP contribution < -0.4 is 0 Å². The van der Waals surface area contributed by atoms with Gasteiger partial charge in [0, 0.05) is 11.6 Å². The van der Waals surface area contributed by atoms with Crippen molar-refractivity contribution in [3.05, 3.63) is 53.9 Å². The minimum atomic E-state index is -0.0425. The van der Waals surface area contributed by atoms with Crippen LogP contribution in [0.5, 0.6) is 0 Å². The zero-order chi connectivity index (χ0) is 18.1. The van der Waals surface area contributed by atoms with E-state index in [1.54, 1.807) is 12.3 Å². The summed E-state index contributed by atoms with van der Waals surface area (Å²) in [5.41, 5.74) is 1.16. The molecular weight excluding hydrogens is 326 g/mol. The van der Waals surface area contributed by atoms with Gasteiger partial charge in [0.25, 0.3) is 5.91 Å². The second-order valence-electron chi connectivity index (χ2n) is 7.86. The summed E-state index contributed by atoms with van der Waals surface area (Å²) in [6, 6.07) is 12.3. The summed E-state index contributed by atoms with van der Waals surface area (Å²) in [5.74, 6) is 0.291. The van der Waals surface area contributed by atoms with E-state index in [0.717, 1.165) is 25.8 Å². The van der Waals surface area contributed by atoms with Crippen molar-refractivity contribution in [2.45, 2.75) is 56.7 Å². The molecule has 4 rings (SSSR count). The topological polar surface area (TPSA) is 49.6 Å². The van der Waals surface area contributed by atoms with Crippen molar-refractivity contribution in [1.29, 1.82) is 0 Å². The molecule has 2 aliphatic rings. The maximum absolute atomic E-state index is 13.4. The quantitative estimate of drug-likeness (QED) is 0.822. The molecular formula is C21H27N3O2. The summed E-state index contributed by atoms with van der Waals surface area (Å²) < 4.78 is 5.23. The van der Waals surface area contributed by atoms with Crippen LogP contribution in [0.1, 0.15) is 61.2 Å². The molecule has 0 saturated carbocycles. The third kappa shape index (κ3) is 2.84. The van der Waals surface area contributed by atoms with Crippen LogP contribution in [-0.4, -0.2) is 46.0 Å². The number of carbonyl (C=O) groups is 1. The number of nitrogens with zero attached hydrogens (tertiary/aromatic N) is 3. The third-order valence-corrected chi connectivity index (χ3v) is 6.41. The zero-order valence-electron chi connectivity index (χ0n) is 15.6. The number of rotatable bonds is 2. The number of carbonyl (C=O) groups excluding carboxylic acids is 1. The highest BCUT2D eigenvalue weighted by molar-refractivity contribution is 5.92. The van der Waals surface area contributed by atoms with E-state index in [9.17, 15) is 4.79 Å². The Kier molecular flexibility index (Phi) is 4.57. The predicted molar refractivity (Wildman–Crippen MR) is 99.8 cm³/mol. The lowest BCUT2D eigenvalue weighted by Gasteiger charge is -2.43. The maximum atomic E-state index is 13.4. The molecule has 5 nitrogen and oxygen atoms in total. The van der Waals surface area contributed by atoms with Gasteiger partial charge in [0.2, 0.25) is 5.76 Å². The molecule has 0 N–H and O–H groups in total. The van der Waals surface area contributed by atoms with Crippen molar-refractivity contribution in [3.8, 4) is 0 Å². The van der Waals surface area contributed by atoms with Crippen LogP contribution in [0.15, 0.2) is 47.1 Å². The molecule has 2 aliphatic heterocycles. The first-order valence-electron chi connectivity index (χ1n) is 9.61. The number of likely N-dealkylation sites (N-methyl/N-ethyl adjacent to an activating group) is 1. The molecule has 2 fully saturated rings. The van der Waals surface area contributed by atoms with Gasteiger partial charge in [0.15, 0.2) is 0 Å². The Morgan fingerprint density at radius 1 is 1.19 bits per heavy atom. The van der Waals surface area contributed by atoms with Crippen molar-refractivity contribution in [3.63, 3.8) is 0 Å². The van der Waals surface area contributed by atoms with Crippen LogP contribution in [0, 0.1) is 0 Å². The van der Waals surface area contributed by atoms with E-state index in [-0.39, 0.29) is 23.5 Å². The first-order chi connectivity index (χ1) is 12.6. The summed E-state index contributed by atoms with van der Waals surface area (Å²) >= 11 is 0. The smallest absolute Gasteiger partial charge is 0.293 e. The fraction of sp³-hybridized carbons (Fsp3) is 0.524. The second-order valence-corrected chi connectivity index (χ2v) is 7.86. The molecule has 5 heteroatoms. The summed E-state index contributed by atoms with van der Waals surface area (Å²) in [6.45, 7) is 3.41. The van der Waals surface area contributed by atoms with Crippen LogP contribution >= 0.6 is 0 Å². The molecule has 3 atom stereocenters. The summed E-state index contributed by atoms with van der Waals surface area (Å²) in [4.78, 5) is 17.9. The Hall–Kier alpha value is -2.14. The minimum absolute atomic E-state index is 0.0311. The number of hydrogen-bond acceptors (Lipinski definition) is 4. The molecule has 2 aromatic rings. The van der Waals surface area contributed by atoms with Gasteiger partial charge in [-0.2, -0.15) is 0 Å². The first kappa shape index (κ1) is 17.3. The molecule has 1 aromatic carbocycles. The van der Waals surface area contributed by atoms with Crippen molar-refractivity contribution >= 4 is 5.91 Å². The summed E-state index contributed by atoms with van der Waals surface area (Å²) in [5, 5.41) is 3.75. The Balaban J connectivity index is 1.78. The molecule has 26 heavy (non-hydrogen) atoms. The van der Waals surface area contributed by atoms with Gasteiger partial charge in [-0.05, 0) is 45.3 Å². The Morgan fingerprint density at radius 3 is 2.73 bits per heavy atom. The van der Waals surface area contributed by atoms with E-state index < -0.39 is 0 Å². The van der Waals surface area contributed by atoms with Gasteiger partial charge < -0.3 is 9.42 Å². The van der Waals surface area contributed by atoms with Gasteiger partial charge in [0.1, 0.15) is 0 Å². The van der Waals surface area contributed by atoms with Crippen LogP contribution in [0.25, 0.3) is 0 Å². The molecule has 0 spiro atoms. The van der Waals surface area contributed by atoms with Gasteiger partial charge in [-0.1, -0.05) is 48.3 Å². The summed E-state index contributed by atoms with van der Waals surface area (Å²) in [6.07, 6.45) is 7.13. The van der Waals surface area contributed by atoms with Crippen molar-refractivity contribution in [2.75, 3.05) is 13.6 Å². The Bertz CT molecular complexity index is 746. The highest BCUT2D eigenvalue weighted by Crippen LogP contribution is 2.48. The molecule has 0 radical (unpaired) electrons. The third-order valence-electron chi connectivity index (χ3n) is 6.41. The van der Waals surface area contributed by atoms with E-state index >= 15 is 0 Å². The SMILES string of the molecule is CN1CCCCC[C@@H]2N(C(=O)c3ccno3)[C@H](c3ccccc3)C[C@@]21C. The first-order valence-corrected chi connectivity index (χ1v) is 9.61. The number of fused-ring (bicyclic) bond motifs is 1. The fourth-order valence-corrected chi connectivity index (χ4v) is 4.81. The van der Waals surface area contributed by atoms with E-state index in [4.69, 9.17) is 4.52 Å². The minimum Gasteiger partial charge on any atom is -0.351 e. The summed E-state index contributed by atoms with van der Waals surface area (Å²) in [7, 11) is 2.21. The standard InChI is InChI=1S/C21H27N3O2/c1-21-15-17(16-9-5-3-6-10-16)24(20(25)18-12-13-22-26-18)19(21)11-7-4-8-14-23(21)2/h3,5-6,9-10,12-13,17,19H,4,7-8,11,14-15H2,1-2H3/t17-,19-,21-/m0/s1. The van der Waals surface area contributed by atoms with E-state index in [1.165, 1.54) is 18.4 Å². The molecule has 0 unspecified atom stereocenters. The van der Waals surface area contributed by atoms with Crippen molar-refractivity contribution in [1.82, 2.24) is 15.0 Å². The monoisotopic (exact) mass is 353 g/mol. The number of benzene rings is 1. The number of aromatic nitrogens is 1. The van der Waals surface area contributed by atoms with Crippen molar-refractivity contribution < 1.29 is 9.32 Å². The molecule has 2 saturated heterocycles. The Labute approximate surface area is 155 Å². The number of amides is 1. The van der Waals surface area contributed by atoms with E-state index in [1.807, 2.05) is 6.07 Å². The normalized spacial score (nSPS) is 29.8. The lowest BCUT2D eigenvalue weighted by molar-refractivity contribution is 0.0421. The number of hydrogen-bond donors (Lipinski definition) is 0. The van der Waals surface area contributed by atoms with Crippen molar-refractivity contribution in [2.24, 2.45) is 0 Å². The molecule has 138 valence electrons. The van der Waals surface area contributed by atoms with Crippen LogP contribution in [0.3, 0.4) is 0 Å². The van der Waals surface area contributed by atoms with Crippen LogP contribution in [-0.2, 0) is 0 Å². The zero-order valence-corrected chi connectivity index (χ0v) is 15.6. The van der Waals surface area contributed by atoms with Gasteiger partial charge in [-0.15, -0.1) is 0 Å². The average Bonchev–Trinajstić information content (AvgIpc) is 3.28. The van der Waals surface area contributed by atoms with Gasteiger partial charge in [-0.3, -0.25) is 9.69 Å². The highest BCUT2D eigenvalue weighted by Gasteiger charge is 2.53.